The normalized spacial score (nSPS) is 30.0. The number of aliphatic hydroxyl groups is 1. The van der Waals surface area contributed by atoms with E-state index < -0.39 is 0 Å². The Hall–Kier alpha value is -0.980. The SMILES string of the molecule is O=C(c1cnc(C2CC2)s1)N1CCN([C@@H]2CCC[C@H]2O)CC1. The maximum absolute atomic E-state index is 12.6. The second kappa shape index (κ2) is 5.91. The number of thiazole rings is 1. The molecule has 5 nitrogen and oxygen atoms in total. The fourth-order valence-electron chi connectivity index (χ4n) is 3.66. The summed E-state index contributed by atoms with van der Waals surface area (Å²) in [5.41, 5.74) is 0. The van der Waals surface area contributed by atoms with Gasteiger partial charge in [0, 0.05) is 38.1 Å². The molecule has 1 aliphatic heterocycles. The number of amides is 1. The molecule has 2 heterocycles. The van der Waals surface area contributed by atoms with E-state index in [1.807, 2.05) is 4.90 Å². The van der Waals surface area contributed by atoms with E-state index in [0.29, 0.717) is 12.0 Å². The Morgan fingerprint density at radius 2 is 1.95 bits per heavy atom. The summed E-state index contributed by atoms with van der Waals surface area (Å²) in [4.78, 5) is 22.1. The monoisotopic (exact) mass is 321 g/mol. The number of carbonyl (C=O) groups is 1. The lowest BCUT2D eigenvalue weighted by molar-refractivity contribution is 0.0317. The minimum absolute atomic E-state index is 0.135. The molecule has 22 heavy (non-hydrogen) atoms. The Labute approximate surface area is 134 Å². The lowest BCUT2D eigenvalue weighted by atomic mass is 10.1. The molecule has 0 bridgehead atoms. The van der Waals surface area contributed by atoms with Gasteiger partial charge in [0.25, 0.3) is 5.91 Å². The average molecular weight is 321 g/mol. The van der Waals surface area contributed by atoms with Crippen LogP contribution < -0.4 is 0 Å². The molecule has 3 aliphatic rings. The van der Waals surface area contributed by atoms with Crippen LogP contribution >= 0.6 is 11.3 Å². The van der Waals surface area contributed by atoms with Crippen LogP contribution in [-0.4, -0.2) is 64.1 Å². The molecule has 120 valence electrons. The first kappa shape index (κ1) is 14.6. The van der Waals surface area contributed by atoms with Gasteiger partial charge in [-0.3, -0.25) is 9.69 Å². The van der Waals surface area contributed by atoms with Crippen molar-refractivity contribution in [2.45, 2.75) is 50.2 Å². The van der Waals surface area contributed by atoms with E-state index in [0.717, 1.165) is 55.3 Å². The first-order valence-electron chi connectivity index (χ1n) is 8.39. The highest BCUT2D eigenvalue weighted by Crippen LogP contribution is 2.41. The van der Waals surface area contributed by atoms with Gasteiger partial charge in [-0.15, -0.1) is 11.3 Å². The first-order chi connectivity index (χ1) is 10.7. The number of piperazine rings is 1. The molecule has 0 spiro atoms. The molecular weight excluding hydrogens is 298 g/mol. The quantitative estimate of drug-likeness (QED) is 0.920. The molecule has 2 atom stereocenters. The number of nitrogens with zero attached hydrogens (tertiary/aromatic N) is 3. The molecule has 1 aromatic heterocycles. The van der Waals surface area contributed by atoms with Gasteiger partial charge < -0.3 is 10.0 Å². The fraction of sp³-hybridized carbons (Fsp3) is 0.750. The Morgan fingerprint density at radius 1 is 1.18 bits per heavy atom. The summed E-state index contributed by atoms with van der Waals surface area (Å²) in [7, 11) is 0. The lowest BCUT2D eigenvalue weighted by Crippen LogP contribution is -2.53. The number of aromatic nitrogens is 1. The largest absolute Gasteiger partial charge is 0.391 e. The van der Waals surface area contributed by atoms with Crippen molar-refractivity contribution in [3.63, 3.8) is 0 Å². The van der Waals surface area contributed by atoms with Crippen molar-refractivity contribution in [1.82, 2.24) is 14.8 Å². The van der Waals surface area contributed by atoms with Crippen LogP contribution in [0.1, 0.15) is 52.7 Å². The maximum atomic E-state index is 12.6. The van der Waals surface area contributed by atoms with Crippen molar-refractivity contribution >= 4 is 17.2 Å². The Bertz CT molecular complexity index is 549. The van der Waals surface area contributed by atoms with Crippen LogP contribution in [0.3, 0.4) is 0 Å². The van der Waals surface area contributed by atoms with Gasteiger partial charge in [0.2, 0.25) is 0 Å². The van der Waals surface area contributed by atoms with Crippen molar-refractivity contribution in [1.29, 1.82) is 0 Å². The van der Waals surface area contributed by atoms with Crippen LogP contribution in [0, 0.1) is 0 Å². The van der Waals surface area contributed by atoms with Gasteiger partial charge in [0.15, 0.2) is 0 Å². The van der Waals surface area contributed by atoms with Gasteiger partial charge in [-0.05, 0) is 32.1 Å². The Balaban J connectivity index is 1.35. The zero-order valence-electron chi connectivity index (χ0n) is 12.8. The number of carbonyl (C=O) groups excluding carboxylic acids is 1. The van der Waals surface area contributed by atoms with Gasteiger partial charge in [0.05, 0.1) is 17.3 Å². The Kier molecular flexibility index (Phi) is 3.92. The topological polar surface area (TPSA) is 56.7 Å². The molecule has 1 aromatic rings. The standard InChI is InChI=1S/C16H23N3O2S/c20-13-3-1-2-12(13)18-6-8-19(9-7-18)16(21)14-10-17-15(22-14)11-4-5-11/h10-13,20H,1-9H2/t12-,13-/m1/s1. The molecule has 0 unspecified atom stereocenters. The molecule has 1 amide bonds. The summed E-state index contributed by atoms with van der Waals surface area (Å²) in [5, 5.41) is 11.2. The summed E-state index contributed by atoms with van der Waals surface area (Å²) in [6.45, 7) is 3.28. The van der Waals surface area contributed by atoms with Crippen molar-refractivity contribution in [2.24, 2.45) is 0 Å². The highest BCUT2D eigenvalue weighted by Gasteiger charge is 2.34. The lowest BCUT2D eigenvalue weighted by Gasteiger charge is -2.38. The molecule has 3 fully saturated rings. The third-order valence-electron chi connectivity index (χ3n) is 5.18. The molecule has 1 N–H and O–H groups in total. The molecule has 2 aliphatic carbocycles. The summed E-state index contributed by atoms with van der Waals surface area (Å²) in [5.74, 6) is 0.753. The predicted octanol–water partition coefficient (Wildman–Crippen LogP) is 1.69. The van der Waals surface area contributed by atoms with Crippen molar-refractivity contribution in [3.05, 3.63) is 16.1 Å². The third kappa shape index (κ3) is 2.79. The van der Waals surface area contributed by atoms with Gasteiger partial charge in [-0.25, -0.2) is 4.98 Å². The molecule has 1 saturated heterocycles. The third-order valence-corrected chi connectivity index (χ3v) is 6.32. The van der Waals surface area contributed by atoms with Crippen LogP contribution in [0.2, 0.25) is 0 Å². The van der Waals surface area contributed by atoms with Crippen LogP contribution in [-0.2, 0) is 0 Å². The summed E-state index contributed by atoms with van der Waals surface area (Å²) in [6, 6.07) is 0.308. The number of rotatable bonds is 3. The molecule has 0 aromatic carbocycles. The van der Waals surface area contributed by atoms with E-state index in [2.05, 4.69) is 9.88 Å². The molecule has 6 heteroatoms. The minimum Gasteiger partial charge on any atom is -0.391 e. The van der Waals surface area contributed by atoms with Gasteiger partial charge in [0.1, 0.15) is 4.88 Å². The van der Waals surface area contributed by atoms with Crippen molar-refractivity contribution in [2.75, 3.05) is 26.2 Å². The van der Waals surface area contributed by atoms with Crippen LogP contribution in [0.5, 0.6) is 0 Å². The minimum atomic E-state index is -0.176. The summed E-state index contributed by atoms with van der Waals surface area (Å²) >= 11 is 1.58. The maximum Gasteiger partial charge on any atom is 0.265 e. The molecule has 0 radical (unpaired) electrons. The molecule has 2 saturated carbocycles. The fourth-order valence-corrected chi connectivity index (χ4v) is 4.72. The summed E-state index contributed by atoms with van der Waals surface area (Å²) < 4.78 is 0. The van der Waals surface area contributed by atoms with Crippen LogP contribution in [0.4, 0.5) is 0 Å². The zero-order valence-corrected chi connectivity index (χ0v) is 13.6. The van der Waals surface area contributed by atoms with E-state index in [1.54, 1.807) is 17.5 Å². The second-order valence-electron chi connectivity index (χ2n) is 6.73. The number of hydrogen-bond donors (Lipinski definition) is 1. The van der Waals surface area contributed by atoms with Crippen molar-refractivity contribution < 1.29 is 9.90 Å². The smallest absolute Gasteiger partial charge is 0.265 e. The number of aliphatic hydroxyl groups excluding tert-OH is 1. The second-order valence-corrected chi connectivity index (χ2v) is 7.79. The van der Waals surface area contributed by atoms with E-state index in [4.69, 9.17) is 0 Å². The van der Waals surface area contributed by atoms with E-state index in [1.165, 1.54) is 12.8 Å². The molecular formula is C16H23N3O2S. The average Bonchev–Trinajstić information content (AvgIpc) is 3.12. The highest BCUT2D eigenvalue weighted by atomic mass is 32.1. The van der Waals surface area contributed by atoms with Crippen LogP contribution in [0.25, 0.3) is 0 Å². The van der Waals surface area contributed by atoms with Gasteiger partial charge in [-0.2, -0.15) is 0 Å². The van der Waals surface area contributed by atoms with E-state index >= 15 is 0 Å². The Morgan fingerprint density at radius 3 is 2.59 bits per heavy atom. The number of hydrogen-bond acceptors (Lipinski definition) is 5. The first-order valence-corrected chi connectivity index (χ1v) is 9.21. The predicted molar refractivity (Wildman–Crippen MR) is 85.2 cm³/mol. The van der Waals surface area contributed by atoms with Gasteiger partial charge >= 0.3 is 0 Å². The van der Waals surface area contributed by atoms with Crippen molar-refractivity contribution in [3.8, 4) is 0 Å². The zero-order chi connectivity index (χ0) is 15.1. The van der Waals surface area contributed by atoms with E-state index in [-0.39, 0.29) is 12.0 Å². The van der Waals surface area contributed by atoms with E-state index in [9.17, 15) is 9.90 Å². The highest BCUT2D eigenvalue weighted by molar-refractivity contribution is 7.13. The molecule has 4 rings (SSSR count). The van der Waals surface area contributed by atoms with Gasteiger partial charge in [-0.1, -0.05) is 0 Å². The van der Waals surface area contributed by atoms with Crippen LogP contribution in [0.15, 0.2) is 6.20 Å². The summed E-state index contributed by atoms with van der Waals surface area (Å²) in [6.07, 6.45) is 7.17.